The van der Waals surface area contributed by atoms with Gasteiger partial charge in [0.2, 0.25) is 11.8 Å². The van der Waals surface area contributed by atoms with E-state index in [1.165, 1.54) is 12.8 Å². The Bertz CT molecular complexity index is 289. The average molecular weight is 225 g/mol. The van der Waals surface area contributed by atoms with E-state index in [0.29, 0.717) is 19.0 Å². The minimum atomic E-state index is -0.293. The van der Waals surface area contributed by atoms with Crippen LogP contribution in [0.2, 0.25) is 0 Å². The van der Waals surface area contributed by atoms with Gasteiger partial charge in [0, 0.05) is 32.6 Å². The molecule has 1 aliphatic heterocycles. The fourth-order valence-electron chi connectivity index (χ4n) is 1.90. The van der Waals surface area contributed by atoms with Gasteiger partial charge in [0.25, 0.3) is 0 Å². The summed E-state index contributed by atoms with van der Waals surface area (Å²) >= 11 is 0. The van der Waals surface area contributed by atoms with Gasteiger partial charge in [-0.25, -0.2) is 0 Å². The molecule has 5 nitrogen and oxygen atoms in total. The third kappa shape index (κ3) is 2.95. The maximum atomic E-state index is 11.5. The van der Waals surface area contributed by atoms with Crippen LogP contribution in [0.1, 0.15) is 25.7 Å². The van der Waals surface area contributed by atoms with Crippen molar-refractivity contribution >= 4 is 11.8 Å². The summed E-state index contributed by atoms with van der Waals surface area (Å²) < 4.78 is 0. The molecule has 0 bridgehead atoms. The molecular weight excluding hydrogens is 206 g/mol. The number of likely N-dealkylation sites (tertiary alicyclic amines) is 1. The van der Waals surface area contributed by atoms with E-state index in [0.717, 1.165) is 13.0 Å². The third-order valence-electron chi connectivity index (χ3n) is 3.13. The minimum absolute atomic E-state index is 0.0261. The number of amides is 2. The molecule has 90 valence electrons. The fraction of sp³-hybridized carbons (Fsp3) is 0.818. The SMILES string of the molecule is CN1CCC(NC(=O)CCNC2CC2)C1=O. The Morgan fingerprint density at radius 3 is 2.75 bits per heavy atom. The van der Waals surface area contributed by atoms with Crippen LogP contribution in [-0.4, -0.2) is 48.9 Å². The van der Waals surface area contributed by atoms with Crippen molar-refractivity contribution in [2.24, 2.45) is 0 Å². The average Bonchev–Trinajstić information content (AvgIpc) is 3.01. The molecule has 0 aromatic heterocycles. The van der Waals surface area contributed by atoms with Gasteiger partial charge in [-0.3, -0.25) is 9.59 Å². The number of hydrogen-bond donors (Lipinski definition) is 2. The standard InChI is InChI=1S/C11H19N3O2/c1-14-7-5-9(11(14)16)13-10(15)4-6-12-8-2-3-8/h8-9,12H,2-7H2,1H3,(H,13,15). The molecule has 0 aromatic rings. The number of nitrogens with one attached hydrogen (secondary N) is 2. The van der Waals surface area contributed by atoms with Gasteiger partial charge in [0.1, 0.15) is 6.04 Å². The second-order valence-electron chi connectivity index (χ2n) is 4.65. The lowest BCUT2D eigenvalue weighted by Gasteiger charge is -2.12. The monoisotopic (exact) mass is 225 g/mol. The van der Waals surface area contributed by atoms with Crippen LogP contribution in [-0.2, 0) is 9.59 Å². The third-order valence-corrected chi connectivity index (χ3v) is 3.13. The molecule has 1 unspecified atom stereocenters. The Labute approximate surface area is 95.6 Å². The number of rotatable bonds is 5. The van der Waals surface area contributed by atoms with E-state index in [1.807, 2.05) is 0 Å². The van der Waals surface area contributed by atoms with Gasteiger partial charge < -0.3 is 15.5 Å². The number of likely N-dealkylation sites (N-methyl/N-ethyl adjacent to an activating group) is 1. The Hall–Kier alpha value is -1.10. The van der Waals surface area contributed by atoms with Crippen molar-refractivity contribution in [3.8, 4) is 0 Å². The molecule has 1 atom stereocenters. The van der Waals surface area contributed by atoms with Crippen molar-refractivity contribution in [1.82, 2.24) is 15.5 Å². The Balaban J connectivity index is 1.64. The number of hydrogen-bond acceptors (Lipinski definition) is 3. The van der Waals surface area contributed by atoms with Gasteiger partial charge in [-0.05, 0) is 19.3 Å². The van der Waals surface area contributed by atoms with Crippen LogP contribution in [0.3, 0.4) is 0 Å². The zero-order valence-electron chi connectivity index (χ0n) is 9.66. The van der Waals surface area contributed by atoms with Gasteiger partial charge in [-0.15, -0.1) is 0 Å². The summed E-state index contributed by atoms with van der Waals surface area (Å²) in [5, 5.41) is 6.06. The van der Waals surface area contributed by atoms with Crippen molar-refractivity contribution in [2.45, 2.75) is 37.8 Å². The van der Waals surface area contributed by atoms with Crippen molar-refractivity contribution in [2.75, 3.05) is 20.1 Å². The van der Waals surface area contributed by atoms with Gasteiger partial charge in [0.05, 0.1) is 0 Å². The molecular formula is C11H19N3O2. The van der Waals surface area contributed by atoms with Crippen LogP contribution >= 0.6 is 0 Å². The number of nitrogens with zero attached hydrogens (tertiary/aromatic N) is 1. The first-order valence-electron chi connectivity index (χ1n) is 5.94. The summed E-state index contributed by atoms with van der Waals surface area (Å²) in [4.78, 5) is 24.7. The normalized spacial score (nSPS) is 24.9. The quantitative estimate of drug-likeness (QED) is 0.661. The zero-order chi connectivity index (χ0) is 11.5. The van der Waals surface area contributed by atoms with E-state index in [9.17, 15) is 9.59 Å². The van der Waals surface area contributed by atoms with Crippen molar-refractivity contribution in [3.63, 3.8) is 0 Å². The van der Waals surface area contributed by atoms with Gasteiger partial charge in [0.15, 0.2) is 0 Å². The predicted octanol–water partition coefficient (Wildman–Crippen LogP) is -0.525. The topological polar surface area (TPSA) is 61.4 Å². The maximum absolute atomic E-state index is 11.5. The number of carbonyl (C=O) groups is 2. The second kappa shape index (κ2) is 4.82. The van der Waals surface area contributed by atoms with Crippen molar-refractivity contribution in [1.29, 1.82) is 0 Å². The van der Waals surface area contributed by atoms with Crippen LogP contribution in [0.5, 0.6) is 0 Å². The first-order valence-corrected chi connectivity index (χ1v) is 5.94. The molecule has 0 radical (unpaired) electrons. The molecule has 0 aromatic carbocycles. The van der Waals surface area contributed by atoms with E-state index < -0.39 is 0 Å². The van der Waals surface area contributed by atoms with Crippen molar-refractivity contribution < 1.29 is 9.59 Å². The molecule has 1 saturated heterocycles. The van der Waals surface area contributed by atoms with Crippen LogP contribution < -0.4 is 10.6 Å². The van der Waals surface area contributed by atoms with E-state index in [-0.39, 0.29) is 17.9 Å². The highest BCUT2D eigenvalue weighted by atomic mass is 16.2. The maximum Gasteiger partial charge on any atom is 0.244 e. The molecule has 2 N–H and O–H groups in total. The number of carbonyl (C=O) groups excluding carboxylic acids is 2. The molecule has 1 heterocycles. The van der Waals surface area contributed by atoms with Gasteiger partial charge >= 0.3 is 0 Å². The first-order chi connectivity index (χ1) is 7.66. The Kier molecular flexibility index (Phi) is 3.43. The summed E-state index contributed by atoms with van der Waals surface area (Å²) in [7, 11) is 1.77. The van der Waals surface area contributed by atoms with Crippen LogP contribution in [0.25, 0.3) is 0 Å². The molecule has 2 amide bonds. The Morgan fingerprint density at radius 2 is 2.19 bits per heavy atom. The largest absolute Gasteiger partial charge is 0.344 e. The van der Waals surface area contributed by atoms with Crippen LogP contribution in [0.4, 0.5) is 0 Å². The molecule has 5 heteroatoms. The molecule has 2 aliphatic rings. The predicted molar refractivity (Wildman–Crippen MR) is 59.8 cm³/mol. The second-order valence-corrected chi connectivity index (χ2v) is 4.65. The van der Waals surface area contributed by atoms with E-state index in [1.54, 1.807) is 11.9 Å². The minimum Gasteiger partial charge on any atom is -0.344 e. The highest BCUT2D eigenvalue weighted by molar-refractivity contribution is 5.88. The molecule has 16 heavy (non-hydrogen) atoms. The lowest BCUT2D eigenvalue weighted by Crippen LogP contribution is -2.41. The zero-order valence-corrected chi connectivity index (χ0v) is 9.66. The molecule has 1 saturated carbocycles. The van der Waals surface area contributed by atoms with E-state index in [2.05, 4.69) is 10.6 Å². The summed E-state index contributed by atoms with van der Waals surface area (Å²) in [6, 6.07) is 0.338. The molecule has 2 fully saturated rings. The highest BCUT2D eigenvalue weighted by Gasteiger charge is 2.30. The molecule has 2 rings (SSSR count). The summed E-state index contributed by atoms with van der Waals surface area (Å²) in [6.07, 6.45) is 3.65. The fourth-order valence-corrected chi connectivity index (χ4v) is 1.90. The van der Waals surface area contributed by atoms with Crippen LogP contribution in [0.15, 0.2) is 0 Å². The molecule has 1 aliphatic carbocycles. The summed E-state index contributed by atoms with van der Waals surface area (Å²) in [6.45, 7) is 1.46. The smallest absolute Gasteiger partial charge is 0.244 e. The summed E-state index contributed by atoms with van der Waals surface area (Å²) in [5.41, 5.74) is 0. The van der Waals surface area contributed by atoms with Gasteiger partial charge in [-0.1, -0.05) is 0 Å². The molecule has 0 spiro atoms. The lowest BCUT2D eigenvalue weighted by molar-refractivity contribution is -0.131. The van der Waals surface area contributed by atoms with E-state index >= 15 is 0 Å². The van der Waals surface area contributed by atoms with Crippen LogP contribution in [0, 0.1) is 0 Å². The lowest BCUT2D eigenvalue weighted by atomic mass is 10.2. The Morgan fingerprint density at radius 1 is 1.44 bits per heavy atom. The van der Waals surface area contributed by atoms with Crippen molar-refractivity contribution in [3.05, 3.63) is 0 Å². The highest BCUT2D eigenvalue weighted by Crippen LogP contribution is 2.18. The van der Waals surface area contributed by atoms with Gasteiger partial charge in [-0.2, -0.15) is 0 Å². The first kappa shape index (κ1) is 11.4. The van der Waals surface area contributed by atoms with E-state index in [4.69, 9.17) is 0 Å². The summed E-state index contributed by atoms with van der Waals surface area (Å²) in [5.74, 6) is 0.00491.